The second-order valence-electron chi connectivity index (χ2n) is 5.65. The highest BCUT2D eigenvalue weighted by Crippen LogP contribution is 2.34. The molecule has 0 aliphatic rings. The molecule has 0 bridgehead atoms. The molecule has 0 spiro atoms. The van der Waals surface area contributed by atoms with Crippen molar-refractivity contribution < 1.29 is 19.0 Å². The third kappa shape index (κ3) is 3.01. The van der Waals surface area contributed by atoms with Crippen LogP contribution in [0.3, 0.4) is 0 Å². The molecule has 0 fully saturated rings. The van der Waals surface area contributed by atoms with E-state index in [1.165, 1.54) is 26.4 Å². The lowest BCUT2D eigenvalue weighted by molar-refractivity contribution is 0.386. The zero-order valence-electron chi connectivity index (χ0n) is 14.9. The van der Waals surface area contributed by atoms with Crippen molar-refractivity contribution in [1.29, 1.82) is 0 Å². The Labute approximate surface area is 150 Å². The Kier molecular flexibility index (Phi) is 4.66. The van der Waals surface area contributed by atoms with Crippen LogP contribution < -0.4 is 14.4 Å². The van der Waals surface area contributed by atoms with Crippen molar-refractivity contribution in [2.75, 3.05) is 26.2 Å². The summed E-state index contributed by atoms with van der Waals surface area (Å²) in [6, 6.07) is 9.34. The van der Waals surface area contributed by atoms with Crippen LogP contribution in [0.25, 0.3) is 11.4 Å². The van der Waals surface area contributed by atoms with Gasteiger partial charge in [-0.3, -0.25) is 4.57 Å². The molecular weight excluding hydrogens is 339 g/mol. The minimum atomic E-state index is -0.433. The van der Waals surface area contributed by atoms with Crippen molar-refractivity contribution in [3.63, 3.8) is 0 Å². The highest BCUT2D eigenvalue weighted by Gasteiger charge is 2.19. The molecule has 0 unspecified atom stereocenters. The lowest BCUT2D eigenvalue weighted by atomic mass is 10.2. The van der Waals surface area contributed by atoms with Crippen molar-refractivity contribution in [2.24, 2.45) is 7.05 Å². The van der Waals surface area contributed by atoms with E-state index in [0.29, 0.717) is 28.8 Å². The summed E-state index contributed by atoms with van der Waals surface area (Å²) in [7, 11) is 6.55. The Morgan fingerprint density at radius 3 is 2.46 bits per heavy atom. The number of phenolic OH excluding ortho intramolecular Hbond substituents is 1. The molecule has 0 atom stereocenters. The van der Waals surface area contributed by atoms with Gasteiger partial charge in [0.25, 0.3) is 0 Å². The molecule has 0 aliphatic heterocycles. The molecule has 136 valence electrons. The van der Waals surface area contributed by atoms with Gasteiger partial charge < -0.3 is 19.5 Å². The zero-order valence-corrected chi connectivity index (χ0v) is 14.9. The highest BCUT2D eigenvalue weighted by molar-refractivity contribution is 5.68. The van der Waals surface area contributed by atoms with Crippen LogP contribution in [-0.2, 0) is 7.05 Å². The van der Waals surface area contributed by atoms with Crippen LogP contribution in [0.1, 0.15) is 0 Å². The Balaban J connectivity index is 2.02. The number of phenols is 1. The van der Waals surface area contributed by atoms with Gasteiger partial charge in [-0.05, 0) is 24.3 Å². The molecule has 1 N–H and O–H groups in total. The van der Waals surface area contributed by atoms with Crippen molar-refractivity contribution >= 4 is 11.6 Å². The number of aromatic nitrogens is 3. The fourth-order valence-corrected chi connectivity index (χ4v) is 2.68. The molecule has 26 heavy (non-hydrogen) atoms. The lowest BCUT2D eigenvalue weighted by Crippen LogP contribution is -2.15. The standard InChI is InChI=1S/C18H19FN4O3/c1-22(11-5-8-14(19)16(9-11)26-4)18-21-20-17(23(18)2)13-7-6-12(24)10-15(13)25-3/h5-10,24H,1-4H3. The van der Waals surface area contributed by atoms with E-state index in [2.05, 4.69) is 10.2 Å². The van der Waals surface area contributed by atoms with Crippen LogP contribution in [0.4, 0.5) is 16.0 Å². The lowest BCUT2D eigenvalue weighted by Gasteiger charge is -2.19. The Morgan fingerprint density at radius 1 is 1.04 bits per heavy atom. The number of ether oxygens (including phenoxy) is 2. The fraction of sp³-hybridized carbons (Fsp3) is 0.222. The largest absolute Gasteiger partial charge is 0.508 e. The molecule has 7 nitrogen and oxygen atoms in total. The molecule has 1 aromatic heterocycles. The van der Waals surface area contributed by atoms with E-state index in [4.69, 9.17) is 9.47 Å². The molecule has 0 saturated carbocycles. The van der Waals surface area contributed by atoms with Crippen LogP contribution in [0, 0.1) is 5.82 Å². The molecule has 0 aliphatic carbocycles. The number of benzene rings is 2. The SMILES string of the molecule is COc1cc(N(C)c2nnc(-c3ccc(O)cc3OC)n2C)ccc1F. The van der Waals surface area contributed by atoms with E-state index in [1.807, 2.05) is 7.05 Å². The third-order valence-electron chi connectivity index (χ3n) is 4.10. The van der Waals surface area contributed by atoms with Crippen LogP contribution in [0.2, 0.25) is 0 Å². The van der Waals surface area contributed by atoms with E-state index in [0.717, 1.165) is 0 Å². The summed E-state index contributed by atoms with van der Waals surface area (Å²) in [5.41, 5.74) is 1.39. The molecule has 0 saturated heterocycles. The minimum Gasteiger partial charge on any atom is -0.508 e. The first-order chi connectivity index (χ1) is 12.5. The first-order valence-electron chi connectivity index (χ1n) is 7.80. The van der Waals surface area contributed by atoms with Gasteiger partial charge in [-0.25, -0.2) is 4.39 Å². The monoisotopic (exact) mass is 358 g/mol. The second-order valence-corrected chi connectivity index (χ2v) is 5.65. The number of halogens is 1. The normalized spacial score (nSPS) is 10.7. The Hall–Kier alpha value is -3.29. The molecule has 1 heterocycles. The summed E-state index contributed by atoms with van der Waals surface area (Å²) in [6.07, 6.45) is 0. The smallest absolute Gasteiger partial charge is 0.231 e. The molecule has 0 radical (unpaired) electrons. The average molecular weight is 358 g/mol. The minimum absolute atomic E-state index is 0.100. The molecule has 3 aromatic rings. The van der Waals surface area contributed by atoms with Gasteiger partial charge in [-0.1, -0.05) is 0 Å². The van der Waals surface area contributed by atoms with Gasteiger partial charge >= 0.3 is 0 Å². The van der Waals surface area contributed by atoms with Crippen molar-refractivity contribution in [1.82, 2.24) is 14.8 Å². The van der Waals surface area contributed by atoms with E-state index in [1.54, 1.807) is 40.8 Å². The summed E-state index contributed by atoms with van der Waals surface area (Å²) in [6.45, 7) is 0. The first kappa shape index (κ1) is 17.5. The van der Waals surface area contributed by atoms with Crippen molar-refractivity contribution in [3.05, 3.63) is 42.2 Å². The van der Waals surface area contributed by atoms with Crippen LogP contribution in [-0.4, -0.2) is 41.1 Å². The summed E-state index contributed by atoms with van der Waals surface area (Å²) in [5, 5.41) is 18.1. The van der Waals surface area contributed by atoms with Gasteiger partial charge in [0.05, 0.1) is 19.8 Å². The van der Waals surface area contributed by atoms with Crippen molar-refractivity contribution in [3.8, 4) is 28.6 Å². The summed E-state index contributed by atoms with van der Waals surface area (Å²) in [4.78, 5) is 1.77. The number of rotatable bonds is 5. The number of hydrogen-bond acceptors (Lipinski definition) is 6. The average Bonchev–Trinajstić information content (AvgIpc) is 3.02. The van der Waals surface area contributed by atoms with E-state index < -0.39 is 5.82 Å². The van der Waals surface area contributed by atoms with Gasteiger partial charge in [0.15, 0.2) is 17.4 Å². The first-order valence-corrected chi connectivity index (χ1v) is 7.80. The van der Waals surface area contributed by atoms with Gasteiger partial charge in [0.1, 0.15) is 11.5 Å². The second kappa shape index (κ2) is 6.91. The molecule has 3 rings (SSSR count). The van der Waals surface area contributed by atoms with E-state index in [9.17, 15) is 9.50 Å². The topological polar surface area (TPSA) is 72.6 Å². The molecule has 2 aromatic carbocycles. The molecule has 0 amide bonds. The van der Waals surface area contributed by atoms with E-state index >= 15 is 0 Å². The van der Waals surface area contributed by atoms with Crippen LogP contribution in [0.5, 0.6) is 17.2 Å². The maximum absolute atomic E-state index is 13.6. The molecule has 8 heteroatoms. The fourth-order valence-electron chi connectivity index (χ4n) is 2.68. The predicted octanol–water partition coefficient (Wildman–Crippen LogP) is 3.11. The molecular formula is C18H19FN4O3. The summed E-state index contributed by atoms with van der Waals surface area (Å²) >= 11 is 0. The maximum Gasteiger partial charge on any atom is 0.231 e. The van der Waals surface area contributed by atoms with Crippen molar-refractivity contribution in [2.45, 2.75) is 0 Å². The third-order valence-corrected chi connectivity index (χ3v) is 4.10. The number of hydrogen-bond donors (Lipinski definition) is 1. The van der Waals surface area contributed by atoms with Gasteiger partial charge in [-0.15, -0.1) is 10.2 Å². The Morgan fingerprint density at radius 2 is 1.77 bits per heavy atom. The Bertz CT molecular complexity index is 942. The number of aromatic hydroxyl groups is 1. The number of methoxy groups -OCH3 is 2. The van der Waals surface area contributed by atoms with Gasteiger partial charge in [-0.2, -0.15) is 0 Å². The maximum atomic E-state index is 13.6. The van der Waals surface area contributed by atoms with E-state index in [-0.39, 0.29) is 11.5 Å². The predicted molar refractivity (Wildman–Crippen MR) is 95.7 cm³/mol. The number of anilines is 2. The highest BCUT2D eigenvalue weighted by atomic mass is 19.1. The van der Waals surface area contributed by atoms with Crippen LogP contribution >= 0.6 is 0 Å². The summed E-state index contributed by atoms with van der Waals surface area (Å²) < 4.78 is 25.8. The van der Waals surface area contributed by atoms with Crippen LogP contribution in [0.15, 0.2) is 36.4 Å². The van der Waals surface area contributed by atoms with Gasteiger partial charge in [0.2, 0.25) is 5.95 Å². The zero-order chi connectivity index (χ0) is 18.8. The summed E-state index contributed by atoms with van der Waals surface area (Å²) in [5.74, 6) is 1.41. The quantitative estimate of drug-likeness (QED) is 0.756. The van der Waals surface area contributed by atoms with Gasteiger partial charge in [0, 0.05) is 31.9 Å². The number of nitrogens with zero attached hydrogens (tertiary/aromatic N) is 4.